The molecule has 2 heteroatoms. The van der Waals surface area contributed by atoms with Crippen molar-refractivity contribution in [3.05, 3.63) is 24.8 Å². The summed E-state index contributed by atoms with van der Waals surface area (Å²) in [6.07, 6.45) is 13.7. The molecule has 0 heterocycles. The molecule has 2 nitrogen and oxygen atoms in total. The van der Waals surface area contributed by atoms with Gasteiger partial charge in [0.05, 0.1) is 6.61 Å². The first kappa shape index (κ1) is 14.9. The number of unbranched alkanes of at least 4 members (excludes halogenated alkanes) is 6. The molecule has 0 atom stereocenters. The van der Waals surface area contributed by atoms with Crippen LogP contribution in [0.5, 0.6) is 0 Å². The molecule has 0 radical (unpaired) electrons. The first-order valence-corrected chi connectivity index (χ1v) is 6.25. The minimum atomic E-state index is -0.228. The Bertz CT molecular complexity index is 207. The predicted octanol–water partition coefficient (Wildman–Crippen LogP) is 4.02. The van der Waals surface area contributed by atoms with Crippen molar-refractivity contribution >= 4 is 5.97 Å². The fourth-order valence-corrected chi connectivity index (χ4v) is 1.45. The van der Waals surface area contributed by atoms with Crippen LogP contribution in [0, 0.1) is 0 Å². The van der Waals surface area contributed by atoms with Crippen LogP contribution in [0.1, 0.15) is 51.9 Å². The SMILES string of the molecule is C=CCCCCCCC/C=C/C(=O)OCC. The molecule has 0 bridgehead atoms. The molecule has 0 N–H and O–H groups in total. The maximum atomic E-state index is 10.9. The van der Waals surface area contributed by atoms with E-state index in [1.165, 1.54) is 31.8 Å². The first-order chi connectivity index (χ1) is 7.81. The van der Waals surface area contributed by atoms with Crippen LogP contribution in [0.15, 0.2) is 24.8 Å². The second kappa shape index (κ2) is 12.0. The average molecular weight is 224 g/mol. The summed E-state index contributed by atoms with van der Waals surface area (Å²) in [7, 11) is 0. The summed E-state index contributed by atoms with van der Waals surface area (Å²) >= 11 is 0. The summed E-state index contributed by atoms with van der Waals surface area (Å²) in [5, 5.41) is 0. The van der Waals surface area contributed by atoms with Gasteiger partial charge >= 0.3 is 5.97 Å². The summed E-state index contributed by atoms with van der Waals surface area (Å²) in [5.41, 5.74) is 0. The van der Waals surface area contributed by atoms with Crippen molar-refractivity contribution in [1.82, 2.24) is 0 Å². The lowest BCUT2D eigenvalue weighted by molar-refractivity contribution is -0.137. The summed E-state index contributed by atoms with van der Waals surface area (Å²) in [6, 6.07) is 0. The molecule has 92 valence electrons. The van der Waals surface area contributed by atoms with Gasteiger partial charge in [0.1, 0.15) is 0 Å². The maximum absolute atomic E-state index is 10.9. The van der Waals surface area contributed by atoms with E-state index < -0.39 is 0 Å². The highest BCUT2D eigenvalue weighted by atomic mass is 16.5. The van der Waals surface area contributed by atoms with Crippen molar-refractivity contribution in [2.45, 2.75) is 51.9 Å². The van der Waals surface area contributed by atoms with E-state index in [0.717, 1.165) is 19.3 Å². The van der Waals surface area contributed by atoms with E-state index in [0.29, 0.717) is 6.61 Å². The van der Waals surface area contributed by atoms with Crippen LogP contribution >= 0.6 is 0 Å². The predicted molar refractivity (Wildman–Crippen MR) is 68.3 cm³/mol. The van der Waals surface area contributed by atoms with E-state index in [4.69, 9.17) is 4.74 Å². The van der Waals surface area contributed by atoms with Crippen molar-refractivity contribution in [3.8, 4) is 0 Å². The van der Waals surface area contributed by atoms with Gasteiger partial charge in [-0.25, -0.2) is 4.79 Å². The minimum absolute atomic E-state index is 0.228. The van der Waals surface area contributed by atoms with E-state index in [1.807, 2.05) is 19.1 Å². The van der Waals surface area contributed by atoms with Gasteiger partial charge in [-0.1, -0.05) is 31.4 Å². The lowest BCUT2D eigenvalue weighted by atomic mass is 10.1. The Balaban J connectivity index is 3.20. The van der Waals surface area contributed by atoms with E-state index in [9.17, 15) is 4.79 Å². The molecule has 16 heavy (non-hydrogen) atoms. The summed E-state index contributed by atoms with van der Waals surface area (Å²) in [4.78, 5) is 10.9. The molecule has 0 saturated heterocycles. The van der Waals surface area contributed by atoms with Crippen LogP contribution < -0.4 is 0 Å². The monoisotopic (exact) mass is 224 g/mol. The van der Waals surface area contributed by atoms with Crippen LogP contribution in [0.25, 0.3) is 0 Å². The van der Waals surface area contributed by atoms with Crippen molar-refractivity contribution in [2.75, 3.05) is 6.61 Å². The zero-order valence-electron chi connectivity index (χ0n) is 10.4. The third kappa shape index (κ3) is 11.0. The molecule has 0 aliphatic carbocycles. The first-order valence-electron chi connectivity index (χ1n) is 6.25. The normalized spacial score (nSPS) is 10.6. The van der Waals surface area contributed by atoms with E-state index in [-0.39, 0.29) is 5.97 Å². The Kier molecular flexibility index (Phi) is 11.2. The maximum Gasteiger partial charge on any atom is 0.330 e. The molecule has 0 aromatic heterocycles. The van der Waals surface area contributed by atoms with Crippen LogP contribution in [0.2, 0.25) is 0 Å². The van der Waals surface area contributed by atoms with Gasteiger partial charge in [0.15, 0.2) is 0 Å². The van der Waals surface area contributed by atoms with Crippen LogP contribution in [0.3, 0.4) is 0 Å². The van der Waals surface area contributed by atoms with Gasteiger partial charge < -0.3 is 4.74 Å². The second-order valence-electron chi connectivity index (χ2n) is 3.79. The minimum Gasteiger partial charge on any atom is -0.463 e. The molecule has 0 aliphatic rings. The third-order valence-corrected chi connectivity index (χ3v) is 2.32. The van der Waals surface area contributed by atoms with Crippen molar-refractivity contribution in [2.24, 2.45) is 0 Å². The number of allylic oxidation sites excluding steroid dienone is 2. The van der Waals surface area contributed by atoms with E-state index >= 15 is 0 Å². The van der Waals surface area contributed by atoms with Gasteiger partial charge in [-0.05, 0) is 32.6 Å². The van der Waals surface area contributed by atoms with E-state index in [1.54, 1.807) is 0 Å². The third-order valence-electron chi connectivity index (χ3n) is 2.32. The van der Waals surface area contributed by atoms with Gasteiger partial charge in [-0.15, -0.1) is 6.58 Å². The summed E-state index contributed by atoms with van der Waals surface area (Å²) < 4.78 is 4.78. The second-order valence-corrected chi connectivity index (χ2v) is 3.79. The van der Waals surface area contributed by atoms with E-state index in [2.05, 4.69) is 6.58 Å². The highest BCUT2D eigenvalue weighted by Crippen LogP contribution is 2.07. The lowest BCUT2D eigenvalue weighted by Crippen LogP contribution is -1.98. The number of rotatable bonds is 10. The van der Waals surface area contributed by atoms with Gasteiger partial charge in [0.25, 0.3) is 0 Å². The Hall–Kier alpha value is -1.05. The summed E-state index contributed by atoms with van der Waals surface area (Å²) in [6.45, 7) is 5.96. The molecular formula is C14H24O2. The van der Waals surface area contributed by atoms with Crippen LogP contribution in [0.4, 0.5) is 0 Å². The highest BCUT2D eigenvalue weighted by molar-refractivity contribution is 5.81. The lowest BCUT2D eigenvalue weighted by Gasteiger charge is -1.98. The van der Waals surface area contributed by atoms with Crippen LogP contribution in [-0.4, -0.2) is 12.6 Å². The number of carbonyl (C=O) groups excluding carboxylic acids is 1. The molecule has 0 amide bonds. The zero-order valence-corrected chi connectivity index (χ0v) is 10.4. The van der Waals surface area contributed by atoms with Gasteiger partial charge in [-0.3, -0.25) is 0 Å². The number of carbonyl (C=O) groups is 1. The molecule has 0 aromatic carbocycles. The largest absolute Gasteiger partial charge is 0.463 e. The number of ether oxygens (including phenoxy) is 1. The fraction of sp³-hybridized carbons (Fsp3) is 0.643. The topological polar surface area (TPSA) is 26.3 Å². The van der Waals surface area contributed by atoms with Gasteiger partial charge in [-0.2, -0.15) is 0 Å². The smallest absolute Gasteiger partial charge is 0.330 e. The van der Waals surface area contributed by atoms with Gasteiger partial charge in [0.2, 0.25) is 0 Å². The van der Waals surface area contributed by atoms with Crippen molar-refractivity contribution < 1.29 is 9.53 Å². The Labute approximate surface area is 99.4 Å². The van der Waals surface area contributed by atoms with Gasteiger partial charge in [0, 0.05) is 6.08 Å². The molecule has 0 spiro atoms. The highest BCUT2D eigenvalue weighted by Gasteiger charge is 1.92. The Morgan fingerprint density at radius 1 is 1.12 bits per heavy atom. The zero-order chi connectivity index (χ0) is 12.1. The molecule has 0 aliphatic heterocycles. The average Bonchev–Trinajstić information content (AvgIpc) is 2.27. The molecular weight excluding hydrogens is 200 g/mol. The fourth-order valence-electron chi connectivity index (χ4n) is 1.45. The number of hydrogen-bond donors (Lipinski definition) is 0. The number of esters is 1. The summed E-state index contributed by atoms with van der Waals surface area (Å²) in [5.74, 6) is -0.228. The Morgan fingerprint density at radius 2 is 1.75 bits per heavy atom. The molecule has 0 fully saturated rings. The molecule has 0 rings (SSSR count). The standard InChI is InChI=1S/C14H24O2/c1-3-5-6-7-8-9-10-11-12-13-14(15)16-4-2/h3,12-13H,1,4-11H2,2H3/b13-12+. The molecule has 0 saturated carbocycles. The molecule has 0 aromatic rings. The molecule has 0 unspecified atom stereocenters. The number of hydrogen-bond acceptors (Lipinski definition) is 2. The van der Waals surface area contributed by atoms with Crippen molar-refractivity contribution in [1.29, 1.82) is 0 Å². The quantitative estimate of drug-likeness (QED) is 0.242. The Morgan fingerprint density at radius 3 is 2.38 bits per heavy atom. The van der Waals surface area contributed by atoms with Crippen molar-refractivity contribution in [3.63, 3.8) is 0 Å². The van der Waals surface area contributed by atoms with Crippen LogP contribution in [-0.2, 0) is 9.53 Å².